The zero-order chi connectivity index (χ0) is 19.3. The molecule has 0 saturated carbocycles. The molecule has 1 N–H and O–H groups in total. The van der Waals surface area contributed by atoms with E-state index in [1.165, 1.54) is 24.2 Å². The predicted molar refractivity (Wildman–Crippen MR) is 112 cm³/mol. The molecule has 146 valence electrons. The van der Waals surface area contributed by atoms with Crippen LogP contribution in [0.15, 0.2) is 52.5 Å². The number of nitrogens with one attached hydrogen (secondary N) is 1. The molecule has 1 saturated heterocycles. The number of aromatic nitrogens is 1. The summed E-state index contributed by atoms with van der Waals surface area (Å²) in [6.07, 6.45) is 4.25. The smallest absolute Gasteiger partial charge is 0.226 e. The Balaban J connectivity index is 1.39. The van der Waals surface area contributed by atoms with Crippen molar-refractivity contribution in [1.29, 1.82) is 0 Å². The molecule has 0 unspecified atom stereocenters. The quantitative estimate of drug-likeness (QED) is 0.614. The van der Waals surface area contributed by atoms with Gasteiger partial charge in [-0.15, -0.1) is 11.3 Å². The maximum atomic E-state index is 12.5. The highest BCUT2D eigenvalue weighted by Crippen LogP contribution is 2.30. The number of furan rings is 1. The Hall–Kier alpha value is -2.15. The molecule has 0 bridgehead atoms. The average Bonchev–Trinajstić information content (AvgIpc) is 3.46. The minimum absolute atomic E-state index is 0.0347. The fraction of sp³-hybridized carbons (Fsp3) is 0.333. The van der Waals surface area contributed by atoms with E-state index in [9.17, 15) is 4.79 Å². The Morgan fingerprint density at radius 3 is 2.82 bits per heavy atom. The molecule has 1 atom stereocenters. The number of rotatable bonds is 7. The topological polar surface area (TPSA) is 58.4 Å². The first-order valence-electron chi connectivity index (χ1n) is 9.44. The van der Waals surface area contributed by atoms with Crippen molar-refractivity contribution in [1.82, 2.24) is 15.2 Å². The van der Waals surface area contributed by atoms with E-state index in [-0.39, 0.29) is 18.4 Å². The van der Waals surface area contributed by atoms with E-state index in [4.69, 9.17) is 16.0 Å². The highest BCUT2D eigenvalue weighted by Gasteiger charge is 2.25. The summed E-state index contributed by atoms with van der Waals surface area (Å²) in [7, 11) is 0. The molecule has 4 rings (SSSR count). The predicted octanol–water partition coefficient (Wildman–Crippen LogP) is 4.55. The SMILES string of the molecule is O=C(Cc1csc(-c2ccco2)n1)NC[C@@H](c1ccccc1Cl)N1CCCC1. The van der Waals surface area contributed by atoms with Gasteiger partial charge in [-0.3, -0.25) is 9.69 Å². The first kappa shape index (κ1) is 19.2. The molecule has 5 nitrogen and oxygen atoms in total. The Morgan fingerprint density at radius 1 is 1.25 bits per heavy atom. The van der Waals surface area contributed by atoms with E-state index in [2.05, 4.69) is 15.2 Å². The number of amides is 1. The Bertz CT molecular complexity index is 919. The van der Waals surface area contributed by atoms with E-state index in [1.807, 2.05) is 41.8 Å². The van der Waals surface area contributed by atoms with Gasteiger partial charge < -0.3 is 9.73 Å². The fourth-order valence-electron chi connectivity index (χ4n) is 3.57. The van der Waals surface area contributed by atoms with Gasteiger partial charge in [0, 0.05) is 16.9 Å². The third kappa shape index (κ3) is 4.46. The molecule has 0 aliphatic carbocycles. The Kier molecular flexibility index (Phi) is 6.10. The van der Waals surface area contributed by atoms with E-state index < -0.39 is 0 Å². The van der Waals surface area contributed by atoms with Crippen molar-refractivity contribution < 1.29 is 9.21 Å². The molecule has 3 aromatic rings. The van der Waals surface area contributed by atoms with Crippen molar-refractivity contribution in [2.45, 2.75) is 25.3 Å². The van der Waals surface area contributed by atoms with Gasteiger partial charge in [0.1, 0.15) is 0 Å². The van der Waals surface area contributed by atoms with E-state index >= 15 is 0 Å². The van der Waals surface area contributed by atoms with Crippen LogP contribution in [0.25, 0.3) is 10.8 Å². The van der Waals surface area contributed by atoms with E-state index in [0.717, 1.165) is 40.1 Å². The summed E-state index contributed by atoms with van der Waals surface area (Å²) in [5.74, 6) is 0.692. The number of hydrogen-bond donors (Lipinski definition) is 1. The molecule has 28 heavy (non-hydrogen) atoms. The van der Waals surface area contributed by atoms with Crippen LogP contribution in [0.5, 0.6) is 0 Å². The highest BCUT2D eigenvalue weighted by molar-refractivity contribution is 7.13. The van der Waals surface area contributed by atoms with E-state index in [1.54, 1.807) is 6.26 Å². The lowest BCUT2D eigenvalue weighted by atomic mass is 10.1. The lowest BCUT2D eigenvalue weighted by Crippen LogP contribution is -2.37. The van der Waals surface area contributed by atoms with Gasteiger partial charge in [-0.2, -0.15) is 0 Å². The molecule has 1 fully saturated rings. The maximum Gasteiger partial charge on any atom is 0.226 e. The van der Waals surface area contributed by atoms with Gasteiger partial charge in [-0.05, 0) is 49.7 Å². The summed E-state index contributed by atoms with van der Waals surface area (Å²) in [6.45, 7) is 2.60. The maximum absolute atomic E-state index is 12.5. The molecular weight excluding hydrogens is 394 g/mol. The van der Waals surface area contributed by atoms with Gasteiger partial charge in [-0.1, -0.05) is 29.8 Å². The molecule has 1 aliphatic rings. The summed E-state index contributed by atoms with van der Waals surface area (Å²) in [6, 6.07) is 11.7. The van der Waals surface area contributed by atoms with Crippen LogP contribution < -0.4 is 5.32 Å². The van der Waals surface area contributed by atoms with Crippen molar-refractivity contribution in [2.24, 2.45) is 0 Å². The highest BCUT2D eigenvalue weighted by atomic mass is 35.5. The summed E-state index contributed by atoms with van der Waals surface area (Å²) in [5.41, 5.74) is 1.82. The van der Waals surface area contributed by atoms with E-state index in [0.29, 0.717) is 6.54 Å². The summed E-state index contributed by atoms with van der Waals surface area (Å²) < 4.78 is 5.36. The standard InChI is InChI=1S/C21H22ClN3O2S/c22-17-7-2-1-6-16(17)18(25-9-3-4-10-25)13-23-20(26)12-15-14-28-21(24-15)19-8-5-11-27-19/h1-2,5-8,11,14,18H,3-4,9-10,12-13H2,(H,23,26)/t18-/m0/s1. The number of halogens is 1. The van der Waals surface area contributed by atoms with Crippen LogP contribution in [0, 0.1) is 0 Å². The van der Waals surface area contributed by atoms with Crippen LogP contribution in [-0.4, -0.2) is 35.4 Å². The molecule has 1 aromatic carbocycles. The molecule has 2 aromatic heterocycles. The van der Waals surface area contributed by atoms with Gasteiger partial charge >= 0.3 is 0 Å². The minimum atomic E-state index is -0.0347. The summed E-state index contributed by atoms with van der Waals surface area (Å²) in [5, 5.41) is 6.52. The van der Waals surface area contributed by atoms with Crippen LogP contribution in [0.2, 0.25) is 5.02 Å². The van der Waals surface area contributed by atoms with Crippen molar-refractivity contribution in [3.63, 3.8) is 0 Å². The van der Waals surface area contributed by atoms with Crippen molar-refractivity contribution in [3.8, 4) is 10.8 Å². The minimum Gasteiger partial charge on any atom is -0.462 e. The van der Waals surface area contributed by atoms with Crippen molar-refractivity contribution >= 4 is 28.8 Å². The largest absolute Gasteiger partial charge is 0.462 e. The third-order valence-corrected chi connectivity index (χ3v) is 6.21. The lowest BCUT2D eigenvalue weighted by Gasteiger charge is -2.29. The number of carbonyl (C=O) groups excluding carboxylic acids is 1. The zero-order valence-electron chi connectivity index (χ0n) is 15.4. The van der Waals surface area contributed by atoms with Gasteiger partial charge in [-0.25, -0.2) is 4.98 Å². The van der Waals surface area contributed by atoms with Gasteiger partial charge in [0.25, 0.3) is 0 Å². The molecule has 1 aliphatic heterocycles. The molecule has 7 heteroatoms. The average molecular weight is 416 g/mol. The van der Waals surface area contributed by atoms with Crippen LogP contribution in [-0.2, 0) is 11.2 Å². The fourth-order valence-corrected chi connectivity index (χ4v) is 4.62. The number of hydrogen-bond acceptors (Lipinski definition) is 5. The van der Waals surface area contributed by atoms with Gasteiger partial charge in [0.15, 0.2) is 10.8 Å². The zero-order valence-corrected chi connectivity index (χ0v) is 17.0. The Labute approximate surface area is 173 Å². The second kappa shape index (κ2) is 8.90. The third-order valence-electron chi connectivity index (χ3n) is 4.96. The number of thiazole rings is 1. The van der Waals surface area contributed by atoms with Crippen LogP contribution in [0.4, 0.5) is 0 Å². The molecule has 0 spiro atoms. The van der Waals surface area contributed by atoms with Crippen molar-refractivity contribution in [3.05, 3.63) is 64.3 Å². The molecule has 1 amide bonds. The number of carbonyl (C=O) groups is 1. The van der Waals surface area contributed by atoms with Crippen LogP contribution in [0.1, 0.15) is 30.1 Å². The van der Waals surface area contributed by atoms with Crippen LogP contribution >= 0.6 is 22.9 Å². The first-order valence-corrected chi connectivity index (χ1v) is 10.7. The first-order chi connectivity index (χ1) is 13.7. The van der Waals surface area contributed by atoms with Crippen LogP contribution in [0.3, 0.4) is 0 Å². The number of likely N-dealkylation sites (tertiary alicyclic amines) is 1. The van der Waals surface area contributed by atoms with Gasteiger partial charge in [0.05, 0.1) is 24.4 Å². The number of benzene rings is 1. The number of nitrogens with zero attached hydrogens (tertiary/aromatic N) is 2. The molecule has 3 heterocycles. The van der Waals surface area contributed by atoms with Crippen molar-refractivity contribution in [2.75, 3.05) is 19.6 Å². The Morgan fingerprint density at radius 2 is 2.07 bits per heavy atom. The lowest BCUT2D eigenvalue weighted by molar-refractivity contribution is -0.120. The molecular formula is C21H22ClN3O2S. The van der Waals surface area contributed by atoms with Gasteiger partial charge in [0.2, 0.25) is 5.91 Å². The second-order valence-corrected chi connectivity index (χ2v) is 8.15. The summed E-state index contributed by atoms with van der Waals surface area (Å²) in [4.78, 5) is 19.4. The normalized spacial score (nSPS) is 15.6. The second-order valence-electron chi connectivity index (χ2n) is 6.88. The summed E-state index contributed by atoms with van der Waals surface area (Å²) >= 11 is 7.92. The molecule has 0 radical (unpaired) electrons. The monoisotopic (exact) mass is 415 g/mol.